The van der Waals surface area contributed by atoms with Gasteiger partial charge in [-0.25, -0.2) is 4.98 Å². The number of carbonyl (C=O) groups excluding carboxylic acids is 1. The summed E-state index contributed by atoms with van der Waals surface area (Å²) in [4.78, 5) is 19.2. The second-order valence-corrected chi connectivity index (χ2v) is 6.90. The molecule has 1 aromatic carbocycles. The first-order valence-electron chi connectivity index (χ1n) is 8.77. The maximum absolute atomic E-state index is 12.7. The molecule has 0 bridgehead atoms. The quantitative estimate of drug-likeness (QED) is 0.691. The minimum Gasteiger partial charge on any atom is -0.497 e. The molecule has 134 valence electrons. The number of piperidine rings is 1. The average Bonchev–Trinajstić information content (AvgIpc) is 3.04. The Morgan fingerprint density at radius 1 is 1.15 bits per heavy atom. The van der Waals surface area contributed by atoms with Crippen molar-refractivity contribution in [3.05, 3.63) is 53.3 Å². The molecule has 0 unspecified atom stereocenters. The fourth-order valence-corrected chi connectivity index (χ4v) is 3.64. The van der Waals surface area contributed by atoms with Gasteiger partial charge in [-0.3, -0.25) is 9.36 Å². The van der Waals surface area contributed by atoms with Crippen molar-refractivity contribution in [3.63, 3.8) is 0 Å². The SMILES string of the molecule is COc1ccc(-n2cc(Cl)c3cc(C(=O)N4CCCCC4)cnc32)cc1. The first-order valence-corrected chi connectivity index (χ1v) is 9.15. The van der Waals surface area contributed by atoms with Crippen molar-refractivity contribution < 1.29 is 9.53 Å². The fraction of sp³-hybridized carbons (Fsp3) is 0.300. The molecule has 1 fully saturated rings. The van der Waals surface area contributed by atoms with Crippen LogP contribution in [0.15, 0.2) is 42.7 Å². The Morgan fingerprint density at radius 2 is 1.88 bits per heavy atom. The number of nitrogens with zero attached hydrogens (tertiary/aromatic N) is 3. The predicted octanol–water partition coefficient (Wildman–Crippen LogP) is 4.31. The van der Waals surface area contributed by atoms with E-state index in [4.69, 9.17) is 16.3 Å². The molecule has 4 rings (SSSR count). The zero-order chi connectivity index (χ0) is 18.1. The summed E-state index contributed by atoms with van der Waals surface area (Å²) in [5, 5.41) is 1.36. The number of amides is 1. The smallest absolute Gasteiger partial charge is 0.255 e. The molecule has 6 heteroatoms. The number of benzene rings is 1. The maximum Gasteiger partial charge on any atom is 0.255 e. The number of methoxy groups -OCH3 is 1. The van der Waals surface area contributed by atoms with E-state index in [2.05, 4.69) is 4.98 Å². The zero-order valence-corrected chi connectivity index (χ0v) is 15.4. The molecule has 0 spiro atoms. The van der Waals surface area contributed by atoms with Crippen LogP contribution < -0.4 is 4.74 Å². The molecule has 1 aliphatic heterocycles. The Balaban J connectivity index is 1.70. The van der Waals surface area contributed by atoms with Crippen molar-refractivity contribution in [3.8, 4) is 11.4 Å². The van der Waals surface area contributed by atoms with Crippen molar-refractivity contribution in [1.82, 2.24) is 14.5 Å². The number of likely N-dealkylation sites (tertiary alicyclic amines) is 1. The van der Waals surface area contributed by atoms with E-state index in [1.54, 1.807) is 13.3 Å². The van der Waals surface area contributed by atoms with Gasteiger partial charge in [0.25, 0.3) is 5.91 Å². The van der Waals surface area contributed by atoms with Gasteiger partial charge in [-0.1, -0.05) is 11.6 Å². The zero-order valence-electron chi connectivity index (χ0n) is 14.6. The number of fused-ring (bicyclic) bond motifs is 1. The molecule has 2 aromatic heterocycles. The maximum atomic E-state index is 12.7. The van der Waals surface area contributed by atoms with Gasteiger partial charge in [0.15, 0.2) is 0 Å². The standard InChI is InChI=1S/C20H20ClN3O2/c1-26-16-7-5-15(6-8-16)24-13-18(21)17-11-14(12-22-19(17)24)20(25)23-9-3-2-4-10-23/h5-8,11-13H,2-4,9-10H2,1H3. The van der Waals surface area contributed by atoms with Crippen molar-refractivity contribution in [2.45, 2.75) is 19.3 Å². The third-order valence-electron chi connectivity index (χ3n) is 4.84. The molecular weight excluding hydrogens is 350 g/mol. The minimum absolute atomic E-state index is 0.0346. The van der Waals surface area contributed by atoms with Crippen LogP contribution in [0.4, 0.5) is 0 Å². The second-order valence-electron chi connectivity index (χ2n) is 6.49. The molecule has 0 radical (unpaired) electrons. The summed E-state index contributed by atoms with van der Waals surface area (Å²) < 4.78 is 7.13. The van der Waals surface area contributed by atoms with Crippen LogP contribution >= 0.6 is 11.6 Å². The highest BCUT2D eigenvalue weighted by molar-refractivity contribution is 6.35. The summed E-state index contributed by atoms with van der Waals surface area (Å²) in [6.07, 6.45) is 6.80. The molecule has 0 aliphatic carbocycles. The third kappa shape index (κ3) is 3.03. The number of pyridine rings is 1. The van der Waals surface area contributed by atoms with Crippen molar-refractivity contribution in [2.75, 3.05) is 20.2 Å². The number of halogens is 1. The monoisotopic (exact) mass is 369 g/mol. The molecule has 1 aliphatic rings. The molecule has 26 heavy (non-hydrogen) atoms. The van der Waals surface area contributed by atoms with Crippen molar-refractivity contribution in [2.24, 2.45) is 0 Å². The lowest BCUT2D eigenvalue weighted by atomic mass is 10.1. The molecule has 1 amide bonds. The van der Waals surface area contributed by atoms with Gasteiger partial charge in [-0.05, 0) is 49.6 Å². The van der Waals surface area contributed by atoms with Gasteiger partial charge in [0, 0.05) is 36.6 Å². The Labute approximate surface area is 157 Å². The molecule has 3 aromatic rings. The highest BCUT2D eigenvalue weighted by Crippen LogP contribution is 2.29. The van der Waals surface area contributed by atoms with Crippen LogP contribution in [-0.2, 0) is 0 Å². The number of rotatable bonds is 3. The minimum atomic E-state index is 0.0346. The summed E-state index contributed by atoms with van der Waals surface area (Å²) in [5.74, 6) is 0.825. The number of hydrogen-bond acceptors (Lipinski definition) is 3. The summed E-state index contributed by atoms with van der Waals surface area (Å²) in [6, 6.07) is 9.53. The number of ether oxygens (including phenoxy) is 1. The van der Waals surface area contributed by atoms with E-state index in [-0.39, 0.29) is 5.91 Å². The highest BCUT2D eigenvalue weighted by Gasteiger charge is 2.20. The van der Waals surface area contributed by atoms with Gasteiger partial charge in [0.05, 0.1) is 17.7 Å². The van der Waals surface area contributed by atoms with Crippen LogP contribution in [0, 0.1) is 0 Å². The van der Waals surface area contributed by atoms with Gasteiger partial charge in [-0.2, -0.15) is 0 Å². The third-order valence-corrected chi connectivity index (χ3v) is 5.14. The van der Waals surface area contributed by atoms with Crippen molar-refractivity contribution in [1.29, 1.82) is 0 Å². The van der Waals surface area contributed by atoms with E-state index >= 15 is 0 Å². The van der Waals surface area contributed by atoms with Gasteiger partial charge < -0.3 is 9.64 Å². The lowest BCUT2D eigenvalue weighted by Crippen LogP contribution is -2.35. The van der Waals surface area contributed by atoms with Crippen LogP contribution in [0.25, 0.3) is 16.7 Å². The van der Waals surface area contributed by atoms with E-state index in [9.17, 15) is 4.79 Å². The van der Waals surface area contributed by atoms with Crippen LogP contribution in [-0.4, -0.2) is 40.6 Å². The highest BCUT2D eigenvalue weighted by atomic mass is 35.5. The summed E-state index contributed by atoms with van der Waals surface area (Å²) in [6.45, 7) is 1.63. The fourth-order valence-electron chi connectivity index (χ4n) is 3.41. The molecule has 1 saturated heterocycles. The number of carbonyl (C=O) groups is 1. The lowest BCUT2D eigenvalue weighted by molar-refractivity contribution is 0.0724. The Morgan fingerprint density at radius 3 is 2.58 bits per heavy atom. The number of hydrogen-bond donors (Lipinski definition) is 0. The van der Waals surface area contributed by atoms with Crippen LogP contribution in [0.2, 0.25) is 5.02 Å². The first kappa shape index (κ1) is 16.9. The predicted molar refractivity (Wildman–Crippen MR) is 102 cm³/mol. The normalized spacial score (nSPS) is 14.6. The van der Waals surface area contributed by atoms with E-state index < -0.39 is 0 Å². The van der Waals surface area contributed by atoms with E-state index in [0.29, 0.717) is 10.6 Å². The molecule has 0 saturated carbocycles. The Bertz CT molecular complexity index is 944. The Kier molecular flexibility index (Phi) is 4.55. The van der Waals surface area contributed by atoms with Crippen LogP contribution in [0.3, 0.4) is 0 Å². The summed E-state index contributed by atoms with van der Waals surface area (Å²) >= 11 is 6.44. The second kappa shape index (κ2) is 7.00. The van der Waals surface area contributed by atoms with Gasteiger partial charge in [0.2, 0.25) is 0 Å². The van der Waals surface area contributed by atoms with Crippen LogP contribution in [0.1, 0.15) is 29.6 Å². The number of aromatic nitrogens is 2. The molecule has 0 N–H and O–H groups in total. The first-order chi connectivity index (χ1) is 12.7. The molecule has 5 nitrogen and oxygen atoms in total. The molecule has 0 atom stereocenters. The lowest BCUT2D eigenvalue weighted by Gasteiger charge is -2.26. The van der Waals surface area contributed by atoms with Gasteiger partial charge in [-0.15, -0.1) is 0 Å². The Hall–Kier alpha value is -2.53. The average molecular weight is 370 g/mol. The molecular formula is C20H20ClN3O2. The van der Waals surface area contributed by atoms with E-state index in [0.717, 1.165) is 48.4 Å². The summed E-state index contributed by atoms with van der Waals surface area (Å²) in [7, 11) is 1.64. The van der Waals surface area contributed by atoms with E-state index in [1.165, 1.54) is 6.42 Å². The van der Waals surface area contributed by atoms with Gasteiger partial charge >= 0.3 is 0 Å². The van der Waals surface area contributed by atoms with Crippen molar-refractivity contribution >= 4 is 28.5 Å². The van der Waals surface area contributed by atoms with E-state index in [1.807, 2.05) is 46.0 Å². The summed E-state index contributed by atoms with van der Waals surface area (Å²) in [5.41, 5.74) is 2.26. The topological polar surface area (TPSA) is 47.4 Å². The largest absolute Gasteiger partial charge is 0.497 e. The van der Waals surface area contributed by atoms with Gasteiger partial charge in [0.1, 0.15) is 11.4 Å². The molecule has 3 heterocycles. The van der Waals surface area contributed by atoms with Crippen LogP contribution in [0.5, 0.6) is 5.75 Å².